The molecule has 0 unspecified atom stereocenters. The number of hydrazone groups is 1. The van der Waals surface area contributed by atoms with Crippen molar-refractivity contribution in [3.63, 3.8) is 0 Å². The molecule has 2 aromatic rings. The summed E-state index contributed by atoms with van der Waals surface area (Å²) in [5.41, 5.74) is 3.20. The van der Waals surface area contributed by atoms with Gasteiger partial charge in [-0.05, 0) is 31.2 Å². The van der Waals surface area contributed by atoms with Crippen molar-refractivity contribution in [2.24, 2.45) is 5.10 Å². The Balaban J connectivity index is 2.26. The number of para-hydroxylation sites is 1. The third kappa shape index (κ3) is 4.87. The largest absolute Gasteiger partial charge is 0.493 e. The summed E-state index contributed by atoms with van der Waals surface area (Å²) >= 11 is 0. The molecule has 0 atom stereocenters. The van der Waals surface area contributed by atoms with Crippen molar-refractivity contribution >= 4 is 11.6 Å². The zero-order valence-corrected chi connectivity index (χ0v) is 15.8. The Hall–Kier alpha value is -3.36. The van der Waals surface area contributed by atoms with Gasteiger partial charge in [0.25, 0.3) is 5.91 Å². The quantitative estimate of drug-likeness (QED) is 0.548. The summed E-state index contributed by atoms with van der Waals surface area (Å²) < 4.78 is 45.2. The fourth-order valence-electron chi connectivity index (χ4n) is 2.44. The van der Waals surface area contributed by atoms with E-state index in [9.17, 15) is 13.6 Å². The maximum Gasteiger partial charge on any atom is 0.387 e. The van der Waals surface area contributed by atoms with Crippen LogP contribution in [0.3, 0.4) is 0 Å². The van der Waals surface area contributed by atoms with Crippen molar-refractivity contribution < 1.29 is 32.5 Å². The van der Waals surface area contributed by atoms with Crippen LogP contribution < -0.4 is 24.4 Å². The molecule has 150 valence electrons. The van der Waals surface area contributed by atoms with E-state index >= 15 is 0 Å². The molecule has 2 aromatic carbocycles. The standard InChI is InChI=1S/C19H20F2N2O5/c1-11(13-7-5-6-8-14(13)28-19(20)21)22-23-18(24)12-9-15(25-2)17(27-4)16(10-12)26-3/h5-10,19H,1-4H3,(H,23,24)/b22-11-. The minimum absolute atomic E-state index is 0.0409. The highest BCUT2D eigenvalue weighted by atomic mass is 19.3. The van der Waals surface area contributed by atoms with Gasteiger partial charge in [-0.2, -0.15) is 13.9 Å². The Labute approximate surface area is 160 Å². The predicted molar refractivity (Wildman–Crippen MR) is 98.8 cm³/mol. The van der Waals surface area contributed by atoms with Crippen LogP contribution in [0.5, 0.6) is 23.0 Å². The maximum atomic E-state index is 12.5. The molecule has 0 heterocycles. The number of methoxy groups -OCH3 is 3. The smallest absolute Gasteiger partial charge is 0.387 e. The fraction of sp³-hybridized carbons (Fsp3) is 0.263. The molecule has 0 bridgehead atoms. The number of rotatable bonds is 8. The van der Waals surface area contributed by atoms with Gasteiger partial charge < -0.3 is 18.9 Å². The van der Waals surface area contributed by atoms with Crippen molar-refractivity contribution in [1.29, 1.82) is 0 Å². The van der Waals surface area contributed by atoms with Crippen molar-refractivity contribution in [2.45, 2.75) is 13.5 Å². The number of benzene rings is 2. The van der Waals surface area contributed by atoms with Crippen LogP contribution in [0.1, 0.15) is 22.8 Å². The van der Waals surface area contributed by atoms with E-state index in [0.29, 0.717) is 22.8 Å². The van der Waals surface area contributed by atoms with Crippen molar-refractivity contribution in [2.75, 3.05) is 21.3 Å². The van der Waals surface area contributed by atoms with Gasteiger partial charge in [0, 0.05) is 11.1 Å². The fourth-order valence-corrected chi connectivity index (χ4v) is 2.44. The van der Waals surface area contributed by atoms with E-state index in [1.54, 1.807) is 25.1 Å². The molecular weight excluding hydrogens is 374 g/mol. The number of alkyl halides is 2. The number of nitrogens with zero attached hydrogens (tertiary/aromatic N) is 1. The first-order valence-corrected chi connectivity index (χ1v) is 8.10. The molecule has 0 saturated heterocycles. The Morgan fingerprint density at radius 2 is 1.61 bits per heavy atom. The molecule has 0 aliphatic rings. The summed E-state index contributed by atoms with van der Waals surface area (Å²) in [7, 11) is 4.31. The molecule has 1 N–H and O–H groups in total. The number of carbonyl (C=O) groups excluding carboxylic acids is 1. The summed E-state index contributed by atoms with van der Waals surface area (Å²) in [6.45, 7) is -1.41. The normalized spacial score (nSPS) is 11.2. The number of hydrogen-bond acceptors (Lipinski definition) is 6. The van der Waals surface area contributed by atoms with Gasteiger partial charge in [0.15, 0.2) is 11.5 Å². The Bertz CT molecular complexity index is 846. The van der Waals surface area contributed by atoms with Gasteiger partial charge in [-0.25, -0.2) is 5.43 Å². The number of carbonyl (C=O) groups is 1. The van der Waals surface area contributed by atoms with Crippen LogP contribution in [0.25, 0.3) is 0 Å². The highest BCUT2D eigenvalue weighted by molar-refractivity contribution is 6.02. The number of nitrogens with one attached hydrogen (secondary N) is 1. The third-order valence-corrected chi connectivity index (χ3v) is 3.74. The Morgan fingerprint density at radius 3 is 2.14 bits per heavy atom. The summed E-state index contributed by atoms with van der Waals surface area (Å²) in [4.78, 5) is 12.5. The molecule has 0 fully saturated rings. The molecule has 7 nitrogen and oxygen atoms in total. The van der Waals surface area contributed by atoms with Crippen LogP contribution in [-0.2, 0) is 0 Å². The van der Waals surface area contributed by atoms with Crippen molar-refractivity contribution in [1.82, 2.24) is 5.43 Å². The average Bonchev–Trinajstić information content (AvgIpc) is 2.70. The molecule has 0 spiro atoms. The zero-order chi connectivity index (χ0) is 20.7. The minimum Gasteiger partial charge on any atom is -0.493 e. The summed E-state index contributed by atoms with van der Waals surface area (Å²) in [5.74, 6) is 0.373. The van der Waals surface area contributed by atoms with Gasteiger partial charge >= 0.3 is 6.61 Å². The first kappa shape index (κ1) is 20.9. The lowest BCUT2D eigenvalue weighted by Crippen LogP contribution is -2.20. The van der Waals surface area contributed by atoms with E-state index < -0.39 is 12.5 Å². The van der Waals surface area contributed by atoms with Gasteiger partial charge in [0.1, 0.15) is 5.75 Å². The van der Waals surface area contributed by atoms with Crippen molar-refractivity contribution in [3.8, 4) is 23.0 Å². The lowest BCUT2D eigenvalue weighted by molar-refractivity contribution is -0.0499. The molecule has 1 amide bonds. The molecule has 28 heavy (non-hydrogen) atoms. The Morgan fingerprint density at radius 1 is 1.00 bits per heavy atom. The number of amides is 1. The summed E-state index contributed by atoms with van der Waals surface area (Å²) in [6, 6.07) is 9.09. The number of hydrogen-bond donors (Lipinski definition) is 1. The highest BCUT2D eigenvalue weighted by Crippen LogP contribution is 2.38. The molecule has 9 heteroatoms. The van der Waals surface area contributed by atoms with Crippen LogP contribution >= 0.6 is 0 Å². The SMILES string of the molecule is COc1cc(C(=O)N/N=C(/C)c2ccccc2OC(F)F)cc(OC)c1OC. The molecule has 2 rings (SSSR count). The second-order valence-electron chi connectivity index (χ2n) is 5.43. The van der Waals surface area contributed by atoms with E-state index in [2.05, 4.69) is 15.3 Å². The van der Waals surface area contributed by atoms with Gasteiger partial charge in [0.05, 0.1) is 27.0 Å². The third-order valence-electron chi connectivity index (χ3n) is 3.74. The van der Waals surface area contributed by atoms with Gasteiger partial charge in [-0.3, -0.25) is 4.79 Å². The average molecular weight is 394 g/mol. The van der Waals surface area contributed by atoms with Gasteiger partial charge in [-0.1, -0.05) is 12.1 Å². The predicted octanol–water partition coefficient (Wildman–Crippen LogP) is 3.47. The van der Waals surface area contributed by atoms with Gasteiger partial charge in [-0.15, -0.1) is 0 Å². The molecule has 0 aromatic heterocycles. The van der Waals surface area contributed by atoms with Crippen LogP contribution in [0.15, 0.2) is 41.5 Å². The second-order valence-corrected chi connectivity index (χ2v) is 5.43. The molecular formula is C19H20F2N2O5. The first-order chi connectivity index (χ1) is 13.4. The zero-order valence-electron chi connectivity index (χ0n) is 15.8. The number of halogens is 2. The van der Waals surface area contributed by atoms with Crippen LogP contribution in [-0.4, -0.2) is 39.6 Å². The van der Waals surface area contributed by atoms with Crippen molar-refractivity contribution in [3.05, 3.63) is 47.5 Å². The minimum atomic E-state index is -2.97. The molecule has 0 saturated carbocycles. The van der Waals surface area contributed by atoms with E-state index in [1.807, 2.05) is 0 Å². The lowest BCUT2D eigenvalue weighted by atomic mass is 10.1. The molecule has 0 radical (unpaired) electrons. The first-order valence-electron chi connectivity index (χ1n) is 8.10. The van der Waals surface area contributed by atoms with Crippen LogP contribution in [0.2, 0.25) is 0 Å². The topological polar surface area (TPSA) is 78.4 Å². The molecule has 0 aliphatic carbocycles. The van der Waals surface area contributed by atoms with E-state index in [4.69, 9.17) is 14.2 Å². The number of ether oxygens (including phenoxy) is 4. The molecule has 0 aliphatic heterocycles. The van der Waals surface area contributed by atoms with E-state index in [0.717, 1.165) is 0 Å². The highest BCUT2D eigenvalue weighted by Gasteiger charge is 2.17. The summed E-state index contributed by atoms with van der Waals surface area (Å²) in [6.07, 6.45) is 0. The van der Waals surface area contributed by atoms with Crippen LogP contribution in [0, 0.1) is 0 Å². The van der Waals surface area contributed by atoms with Gasteiger partial charge in [0.2, 0.25) is 5.75 Å². The second kappa shape index (κ2) is 9.54. The lowest BCUT2D eigenvalue weighted by Gasteiger charge is -2.13. The van der Waals surface area contributed by atoms with E-state index in [-0.39, 0.29) is 17.0 Å². The summed E-state index contributed by atoms with van der Waals surface area (Å²) in [5, 5.41) is 3.97. The maximum absolute atomic E-state index is 12.5. The Kier molecular flexibility index (Phi) is 7.14. The van der Waals surface area contributed by atoms with E-state index in [1.165, 1.54) is 39.5 Å². The monoisotopic (exact) mass is 394 g/mol. The van der Waals surface area contributed by atoms with Crippen LogP contribution in [0.4, 0.5) is 8.78 Å².